The Kier molecular flexibility index (Phi) is 3.12. The third-order valence-corrected chi connectivity index (χ3v) is 3.86. The molecule has 1 aliphatic heterocycles. The summed E-state index contributed by atoms with van der Waals surface area (Å²) in [5.74, 6) is 0.548. The Morgan fingerprint density at radius 3 is 2.53 bits per heavy atom. The molecule has 5 heteroatoms. The van der Waals surface area contributed by atoms with E-state index in [2.05, 4.69) is 0 Å². The SMILES string of the molecule is CC1(C)OC[C@@H](C2CCC(=O)CC2)N1C(=O)O. The Hall–Kier alpha value is -1.10. The van der Waals surface area contributed by atoms with Gasteiger partial charge in [0, 0.05) is 12.8 Å². The molecule has 0 spiro atoms. The molecule has 2 rings (SSSR count). The van der Waals surface area contributed by atoms with Crippen LogP contribution in [-0.4, -0.2) is 40.3 Å². The maximum atomic E-state index is 11.3. The molecule has 0 bridgehead atoms. The van der Waals surface area contributed by atoms with Gasteiger partial charge < -0.3 is 9.84 Å². The highest BCUT2D eigenvalue weighted by molar-refractivity contribution is 5.79. The second-order valence-corrected chi connectivity index (χ2v) is 5.35. The number of nitrogens with zero attached hydrogens (tertiary/aromatic N) is 1. The number of Topliss-reactive ketones (excluding diaryl/α,β-unsaturated/α-hetero) is 1. The van der Waals surface area contributed by atoms with Gasteiger partial charge >= 0.3 is 6.09 Å². The van der Waals surface area contributed by atoms with Crippen molar-refractivity contribution in [3.63, 3.8) is 0 Å². The summed E-state index contributed by atoms with van der Waals surface area (Å²) in [6.07, 6.45) is 1.79. The Morgan fingerprint density at radius 1 is 1.41 bits per heavy atom. The molecule has 2 fully saturated rings. The number of amides is 1. The molecule has 0 unspecified atom stereocenters. The van der Waals surface area contributed by atoms with Crippen molar-refractivity contribution in [1.82, 2.24) is 4.90 Å². The molecule has 0 aromatic carbocycles. The zero-order valence-electron chi connectivity index (χ0n) is 10.3. The van der Waals surface area contributed by atoms with Crippen molar-refractivity contribution in [3.05, 3.63) is 0 Å². The summed E-state index contributed by atoms with van der Waals surface area (Å²) in [5, 5.41) is 9.28. The van der Waals surface area contributed by atoms with E-state index in [0.717, 1.165) is 12.8 Å². The Balaban J connectivity index is 2.10. The molecule has 1 aliphatic carbocycles. The zero-order valence-corrected chi connectivity index (χ0v) is 10.3. The van der Waals surface area contributed by atoms with Gasteiger partial charge in [0.05, 0.1) is 12.6 Å². The third kappa shape index (κ3) is 2.29. The van der Waals surface area contributed by atoms with Gasteiger partial charge in [-0.25, -0.2) is 4.79 Å². The lowest BCUT2D eigenvalue weighted by molar-refractivity contribution is -0.121. The summed E-state index contributed by atoms with van der Waals surface area (Å²) >= 11 is 0. The largest absolute Gasteiger partial charge is 0.465 e. The van der Waals surface area contributed by atoms with E-state index in [9.17, 15) is 14.7 Å². The Morgan fingerprint density at radius 2 is 2.00 bits per heavy atom. The van der Waals surface area contributed by atoms with E-state index in [4.69, 9.17) is 4.74 Å². The number of ketones is 1. The summed E-state index contributed by atoms with van der Waals surface area (Å²) in [7, 11) is 0. The number of hydrogen-bond donors (Lipinski definition) is 1. The van der Waals surface area contributed by atoms with Crippen LogP contribution in [0.3, 0.4) is 0 Å². The standard InChI is InChI=1S/C12H19NO4/c1-12(2)13(11(15)16)10(7-17-12)8-3-5-9(14)6-4-8/h8,10H,3-7H2,1-2H3,(H,15,16)/t10-/m0/s1. The van der Waals surface area contributed by atoms with Crippen molar-refractivity contribution in [3.8, 4) is 0 Å². The van der Waals surface area contributed by atoms with Crippen molar-refractivity contribution < 1.29 is 19.4 Å². The van der Waals surface area contributed by atoms with Crippen molar-refractivity contribution in [2.75, 3.05) is 6.61 Å². The van der Waals surface area contributed by atoms with Crippen LogP contribution >= 0.6 is 0 Å². The third-order valence-electron chi connectivity index (χ3n) is 3.86. The lowest BCUT2D eigenvalue weighted by Gasteiger charge is -2.35. The number of ether oxygens (including phenoxy) is 1. The minimum Gasteiger partial charge on any atom is -0.465 e. The van der Waals surface area contributed by atoms with E-state index in [-0.39, 0.29) is 12.0 Å². The molecule has 1 saturated carbocycles. The average Bonchev–Trinajstić information content (AvgIpc) is 2.55. The maximum Gasteiger partial charge on any atom is 0.409 e. The van der Waals surface area contributed by atoms with Gasteiger partial charge in [-0.1, -0.05) is 0 Å². The first-order valence-electron chi connectivity index (χ1n) is 6.10. The minimum atomic E-state index is -0.936. The fourth-order valence-electron chi connectivity index (χ4n) is 2.90. The molecule has 1 heterocycles. The van der Waals surface area contributed by atoms with Crippen molar-refractivity contribution in [1.29, 1.82) is 0 Å². The van der Waals surface area contributed by atoms with Crippen LogP contribution in [-0.2, 0) is 9.53 Å². The predicted molar refractivity (Wildman–Crippen MR) is 60.6 cm³/mol. The zero-order chi connectivity index (χ0) is 12.6. The fourth-order valence-corrected chi connectivity index (χ4v) is 2.90. The topological polar surface area (TPSA) is 66.8 Å². The van der Waals surface area contributed by atoms with E-state index in [1.54, 1.807) is 13.8 Å². The predicted octanol–water partition coefficient (Wildman–Crippen LogP) is 1.86. The van der Waals surface area contributed by atoms with E-state index >= 15 is 0 Å². The second kappa shape index (κ2) is 4.29. The first kappa shape index (κ1) is 12.4. The number of carbonyl (C=O) groups is 2. The number of carbonyl (C=O) groups excluding carboxylic acids is 1. The van der Waals surface area contributed by atoms with Crippen LogP contribution in [0.4, 0.5) is 4.79 Å². The lowest BCUT2D eigenvalue weighted by atomic mass is 9.83. The van der Waals surface area contributed by atoms with Gasteiger partial charge in [-0.05, 0) is 32.6 Å². The van der Waals surface area contributed by atoms with Crippen LogP contribution in [0.5, 0.6) is 0 Å². The summed E-state index contributed by atoms with van der Waals surface area (Å²) in [6, 6.07) is -0.101. The lowest BCUT2D eigenvalue weighted by Crippen LogP contribution is -2.50. The molecular formula is C12H19NO4. The minimum absolute atomic E-state index is 0.101. The highest BCUT2D eigenvalue weighted by Crippen LogP contribution is 2.36. The van der Waals surface area contributed by atoms with Crippen molar-refractivity contribution in [2.45, 2.75) is 51.3 Å². The van der Waals surface area contributed by atoms with Crippen LogP contribution in [0.15, 0.2) is 0 Å². The van der Waals surface area contributed by atoms with Crippen LogP contribution in [0.1, 0.15) is 39.5 Å². The van der Waals surface area contributed by atoms with E-state index in [1.165, 1.54) is 4.90 Å². The van der Waals surface area contributed by atoms with Crippen LogP contribution in [0, 0.1) is 5.92 Å². The smallest absolute Gasteiger partial charge is 0.409 e. The Bertz CT molecular complexity index is 329. The van der Waals surface area contributed by atoms with Gasteiger partial charge in [0.2, 0.25) is 0 Å². The van der Waals surface area contributed by atoms with E-state index in [1.807, 2.05) is 0 Å². The van der Waals surface area contributed by atoms with Crippen molar-refractivity contribution in [2.24, 2.45) is 5.92 Å². The Labute approximate surface area is 101 Å². The summed E-state index contributed by atoms with van der Waals surface area (Å²) in [5.41, 5.74) is -0.752. The first-order valence-corrected chi connectivity index (χ1v) is 6.10. The molecule has 5 nitrogen and oxygen atoms in total. The highest BCUT2D eigenvalue weighted by atomic mass is 16.5. The quantitative estimate of drug-likeness (QED) is 0.761. The first-order chi connectivity index (χ1) is 7.92. The summed E-state index contributed by atoms with van der Waals surface area (Å²) in [4.78, 5) is 23.9. The number of hydrogen-bond acceptors (Lipinski definition) is 3. The molecule has 96 valence electrons. The van der Waals surface area contributed by atoms with E-state index < -0.39 is 11.8 Å². The molecule has 2 aliphatic rings. The van der Waals surface area contributed by atoms with Gasteiger partial charge in [-0.15, -0.1) is 0 Å². The van der Waals surface area contributed by atoms with E-state index in [0.29, 0.717) is 25.2 Å². The van der Waals surface area contributed by atoms with Crippen LogP contribution < -0.4 is 0 Å². The number of carboxylic acid groups (broad SMARTS) is 1. The summed E-state index contributed by atoms with van der Waals surface area (Å²) in [6.45, 7) is 3.99. The molecule has 1 saturated heterocycles. The van der Waals surface area contributed by atoms with Gasteiger partial charge in [0.15, 0.2) is 0 Å². The monoisotopic (exact) mass is 241 g/mol. The van der Waals surface area contributed by atoms with Crippen LogP contribution in [0.2, 0.25) is 0 Å². The van der Waals surface area contributed by atoms with Crippen molar-refractivity contribution >= 4 is 11.9 Å². The molecule has 17 heavy (non-hydrogen) atoms. The van der Waals surface area contributed by atoms with Gasteiger partial charge in [-0.2, -0.15) is 0 Å². The molecule has 1 N–H and O–H groups in total. The normalized spacial score (nSPS) is 29.6. The molecule has 0 radical (unpaired) electrons. The average molecular weight is 241 g/mol. The fraction of sp³-hybridized carbons (Fsp3) is 0.833. The molecule has 1 atom stereocenters. The summed E-state index contributed by atoms with van der Waals surface area (Å²) < 4.78 is 5.57. The van der Waals surface area contributed by atoms with Crippen LogP contribution in [0.25, 0.3) is 0 Å². The maximum absolute atomic E-state index is 11.3. The highest BCUT2D eigenvalue weighted by Gasteiger charge is 2.47. The number of rotatable bonds is 1. The molecular weight excluding hydrogens is 222 g/mol. The molecule has 0 aromatic rings. The van der Waals surface area contributed by atoms with Gasteiger partial charge in [0.25, 0.3) is 0 Å². The second-order valence-electron chi connectivity index (χ2n) is 5.35. The van der Waals surface area contributed by atoms with Gasteiger partial charge in [0.1, 0.15) is 11.5 Å². The van der Waals surface area contributed by atoms with Gasteiger partial charge in [-0.3, -0.25) is 9.69 Å². The molecule has 0 aromatic heterocycles. The molecule has 1 amide bonds.